The van der Waals surface area contributed by atoms with Crippen LogP contribution in [0.4, 0.5) is 0 Å². The fourth-order valence-corrected chi connectivity index (χ4v) is 5.40. The Morgan fingerprint density at radius 1 is 1.42 bits per heavy atom. The van der Waals surface area contributed by atoms with Gasteiger partial charge in [-0.1, -0.05) is 11.6 Å². The maximum absolute atomic E-state index is 12.1. The van der Waals surface area contributed by atoms with Crippen LogP contribution in [0.1, 0.15) is 5.56 Å². The maximum atomic E-state index is 12.1. The smallest absolute Gasteiger partial charge is 0.234 e. The number of benzene rings is 1. The van der Waals surface area contributed by atoms with Gasteiger partial charge in [-0.2, -0.15) is 0 Å². The molecule has 0 aliphatic carbocycles. The lowest BCUT2D eigenvalue weighted by molar-refractivity contribution is -0.122. The van der Waals surface area contributed by atoms with Crippen LogP contribution in [0.5, 0.6) is 5.75 Å². The van der Waals surface area contributed by atoms with Gasteiger partial charge in [0.1, 0.15) is 5.75 Å². The van der Waals surface area contributed by atoms with E-state index in [9.17, 15) is 13.2 Å². The van der Waals surface area contributed by atoms with E-state index in [1.165, 1.54) is 0 Å². The van der Waals surface area contributed by atoms with Crippen LogP contribution in [0.2, 0.25) is 5.02 Å². The van der Waals surface area contributed by atoms with Crippen LogP contribution >= 0.6 is 23.2 Å². The molecule has 1 heterocycles. The number of likely N-dealkylation sites (N-methyl/N-ethyl adjacent to an activating group) is 1. The van der Waals surface area contributed by atoms with Crippen molar-refractivity contribution in [2.24, 2.45) is 0 Å². The van der Waals surface area contributed by atoms with E-state index in [4.69, 9.17) is 27.9 Å². The number of nitrogens with one attached hydrogen (secondary N) is 1. The number of alkyl halides is 1. The topological polar surface area (TPSA) is 75.7 Å². The van der Waals surface area contributed by atoms with Crippen LogP contribution in [-0.2, 0) is 21.2 Å². The fourth-order valence-electron chi connectivity index (χ4n) is 2.65. The van der Waals surface area contributed by atoms with Crippen molar-refractivity contribution in [1.82, 2.24) is 10.2 Å². The summed E-state index contributed by atoms with van der Waals surface area (Å²) in [6.45, 7) is 0.570. The van der Waals surface area contributed by atoms with Crippen LogP contribution < -0.4 is 10.1 Å². The molecule has 2 atom stereocenters. The van der Waals surface area contributed by atoms with Gasteiger partial charge >= 0.3 is 0 Å². The number of hydrogen-bond acceptors (Lipinski definition) is 5. The number of halogens is 2. The number of carbonyl (C=O) groups excluding carboxylic acids is 1. The first-order valence-electron chi connectivity index (χ1n) is 7.35. The second-order valence-corrected chi connectivity index (χ2v) is 9.05. The van der Waals surface area contributed by atoms with Gasteiger partial charge in [0, 0.05) is 17.1 Å². The summed E-state index contributed by atoms with van der Waals surface area (Å²) >= 11 is 12.0. The lowest BCUT2D eigenvalue weighted by atomic mass is 10.2. The van der Waals surface area contributed by atoms with Gasteiger partial charge in [-0.15, -0.1) is 11.6 Å². The molecule has 0 saturated carbocycles. The molecule has 0 radical (unpaired) electrons. The average molecular weight is 395 g/mol. The molecule has 1 aliphatic heterocycles. The number of sulfone groups is 1. The Morgan fingerprint density at radius 2 is 2.12 bits per heavy atom. The molecular weight excluding hydrogens is 375 g/mol. The second-order valence-electron chi connectivity index (χ2n) is 5.90. The molecule has 1 aromatic carbocycles. The van der Waals surface area contributed by atoms with Crippen LogP contribution in [-0.4, -0.2) is 62.9 Å². The molecule has 0 bridgehead atoms. The zero-order chi connectivity index (χ0) is 17.9. The molecule has 9 heteroatoms. The molecule has 0 aromatic heterocycles. The summed E-state index contributed by atoms with van der Waals surface area (Å²) in [6.07, 6.45) is 0. The van der Waals surface area contributed by atoms with Crippen LogP contribution in [0.25, 0.3) is 0 Å². The number of ether oxygens (including phenoxy) is 1. The highest BCUT2D eigenvalue weighted by molar-refractivity contribution is 7.91. The average Bonchev–Trinajstić information content (AvgIpc) is 2.71. The minimum atomic E-state index is -3.17. The monoisotopic (exact) mass is 394 g/mol. The lowest BCUT2D eigenvalue weighted by Crippen LogP contribution is -2.44. The van der Waals surface area contributed by atoms with E-state index in [0.29, 0.717) is 17.3 Å². The van der Waals surface area contributed by atoms with E-state index in [-0.39, 0.29) is 24.0 Å². The number of amides is 1. The standard InChI is InChI=1S/C15H20Cl2N2O4S/c1-19(6-10-5-11(16)3-4-14(10)23-2)7-15(20)18-13-9-24(21,22)8-12(13)17/h3-5,12-13H,6-9H2,1-2H3,(H,18,20)/t12-,13-/m0/s1. The third-order valence-corrected chi connectivity index (χ3v) is 6.34. The number of hydrogen-bond donors (Lipinski definition) is 1. The number of nitrogens with zero attached hydrogens (tertiary/aromatic N) is 1. The zero-order valence-electron chi connectivity index (χ0n) is 13.5. The van der Waals surface area contributed by atoms with Crippen molar-refractivity contribution in [3.05, 3.63) is 28.8 Å². The highest BCUT2D eigenvalue weighted by Gasteiger charge is 2.37. The second kappa shape index (κ2) is 7.91. The Kier molecular flexibility index (Phi) is 6.36. The highest BCUT2D eigenvalue weighted by Crippen LogP contribution is 2.23. The van der Waals surface area contributed by atoms with Crippen LogP contribution in [0.3, 0.4) is 0 Å². The molecule has 134 valence electrons. The van der Waals surface area contributed by atoms with Gasteiger partial charge in [-0.3, -0.25) is 9.69 Å². The Balaban J connectivity index is 1.92. The quantitative estimate of drug-likeness (QED) is 0.735. The van der Waals surface area contributed by atoms with Crippen molar-refractivity contribution >= 4 is 38.9 Å². The SMILES string of the molecule is COc1ccc(Cl)cc1CN(C)CC(=O)N[C@H]1CS(=O)(=O)C[C@@H]1Cl. The highest BCUT2D eigenvalue weighted by atomic mass is 35.5. The van der Waals surface area contributed by atoms with Crippen LogP contribution in [0.15, 0.2) is 18.2 Å². The van der Waals surface area contributed by atoms with Gasteiger partial charge in [0.15, 0.2) is 9.84 Å². The third kappa shape index (κ3) is 5.24. The van der Waals surface area contributed by atoms with Gasteiger partial charge < -0.3 is 10.1 Å². The number of methoxy groups -OCH3 is 1. The van der Waals surface area contributed by atoms with Crippen molar-refractivity contribution in [2.75, 3.05) is 32.2 Å². The van der Waals surface area contributed by atoms with E-state index in [0.717, 1.165) is 5.56 Å². The van der Waals surface area contributed by atoms with Gasteiger partial charge in [0.05, 0.1) is 36.6 Å². The van der Waals surface area contributed by atoms with Crippen molar-refractivity contribution in [2.45, 2.75) is 18.0 Å². The molecule has 1 fully saturated rings. The van der Waals surface area contributed by atoms with Gasteiger partial charge in [-0.05, 0) is 25.2 Å². The zero-order valence-corrected chi connectivity index (χ0v) is 15.8. The summed E-state index contributed by atoms with van der Waals surface area (Å²) in [6, 6.07) is 4.75. The lowest BCUT2D eigenvalue weighted by Gasteiger charge is -2.20. The predicted octanol–water partition coefficient (Wildman–Crippen LogP) is 1.30. The first-order chi connectivity index (χ1) is 11.2. The number of carbonyl (C=O) groups is 1. The minimum Gasteiger partial charge on any atom is -0.496 e. The summed E-state index contributed by atoms with van der Waals surface area (Å²) in [5.41, 5.74) is 0.860. The molecule has 1 amide bonds. The summed E-state index contributed by atoms with van der Waals surface area (Å²) in [5.74, 6) is 0.203. The molecule has 1 N–H and O–H groups in total. The predicted molar refractivity (Wildman–Crippen MR) is 94.6 cm³/mol. The Labute approximate surface area is 152 Å². The summed E-state index contributed by atoms with van der Waals surface area (Å²) in [7, 11) is 0.179. The van der Waals surface area contributed by atoms with Crippen molar-refractivity contribution < 1.29 is 17.9 Å². The summed E-state index contributed by atoms with van der Waals surface area (Å²) in [4.78, 5) is 13.9. The third-order valence-electron chi connectivity index (χ3n) is 3.73. The Bertz CT molecular complexity index is 711. The molecular formula is C15H20Cl2N2O4S. The molecule has 1 aliphatic rings. The summed E-state index contributed by atoms with van der Waals surface area (Å²) in [5, 5.41) is 2.69. The molecule has 2 rings (SSSR count). The van der Waals surface area contributed by atoms with Gasteiger partial charge in [-0.25, -0.2) is 8.42 Å². The Hall–Kier alpha value is -1.02. The van der Waals surface area contributed by atoms with Crippen molar-refractivity contribution in [1.29, 1.82) is 0 Å². The number of rotatable bonds is 6. The Morgan fingerprint density at radius 3 is 2.71 bits per heavy atom. The molecule has 1 aromatic rings. The van der Waals surface area contributed by atoms with E-state index in [1.54, 1.807) is 37.3 Å². The first-order valence-corrected chi connectivity index (χ1v) is 9.98. The van der Waals surface area contributed by atoms with E-state index in [1.807, 2.05) is 0 Å². The van der Waals surface area contributed by atoms with E-state index < -0.39 is 21.3 Å². The van der Waals surface area contributed by atoms with Crippen molar-refractivity contribution in [3.63, 3.8) is 0 Å². The maximum Gasteiger partial charge on any atom is 0.234 e. The summed E-state index contributed by atoms with van der Waals surface area (Å²) < 4.78 is 28.3. The first kappa shape index (κ1) is 19.3. The fraction of sp³-hybridized carbons (Fsp3) is 0.533. The van der Waals surface area contributed by atoms with E-state index >= 15 is 0 Å². The normalized spacial score (nSPS) is 22.5. The molecule has 6 nitrogen and oxygen atoms in total. The molecule has 1 saturated heterocycles. The van der Waals surface area contributed by atoms with Gasteiger partial charge in [0.25, 0.3) is 0 Å². The van der Waals surface area contributed by atoms with Crippen LogP contribution in [0, 0.1) is 0 Å². The van der Waals surface area contributed by atoms with E-state index in [2.05, 4.69) is 5.32 Å². The molecule has 24 heavy (non-hydrogen) atoms. The minimum absolute atomic E-state index is 0.102. The van der Waals surface area contributed by atoms with Gasteiger partial charge in [0.2, 0.25) is 5.91 Å². The molecule has 0 spiro atoms. The largest absolute Gasteiger partial charge is 0.496 e. The molecule has 0 unspecified atom stereocenters. The van der Waals surface area contributed by atoms with Crippen molar-refractivity contribution in [3.8, 4) is 5.75 Å².